The number of ketones is 1. The number of hydrogen-bond acceptors (Lipinski definition) is 2. The first-order valence-electron chi connectivity index (χ1n) is 9.01. The van der Waals surface area contributed by atoms with E-state index in [-0.39, 0.29) is 17.8 Å². The summed E-state index contributed by atoms with van der Waals surface area (Å²) in [4.78, 5) is 27.3. The van der Waals surface area contributed by atoms with Crippen LogP contribution in [0.15, 0.2) is 24.3 Å². The van der Waals surface area contributed by atoms with Gasteiger partial charge in [-0.25, -0.2) is 0 Å². The highest BCUT2D eigenvalue weighted by molar-refractivity contribution is 5.89. The van der Waals surface area contributed by atoms with Crippen molar-refractivity contribution in [3.8, 4) is 0 Å². The fraction of sp³-hybridized carbons (Fsp3) is 0.600. The number of aryl methyl sites for hydroxylation is 1. The fourth-order valence-electron chi connectivity index (χ4n) is 4.37. The highest BCUT2D eigenvalue weighted by Gasteiger charge is 2.46. The molecule has 0 saturated heterocycles. The van der Waals surface area contributed by atoms with Crippen molar-refractivity contribution < 1.29 is 9.59 Å². The van der Waals surface area contributed by atoms with Gasteiger partial charge in [0.05, 0.1) is 0 Å². The summed E-state index contributed by atoms with van der Waals surface area (Å²) in [6.45, 7) is 2.81. The second-order valence-corrected chi connectivity index (χ2v) is 7.72. The van der Waals surface area contributed by atoms with Gasteiger partial charge >= 0.3 is 0 Å². The number of carbonyl (C=O) groups excluding carboxylic acids is 2. The summed E-state index contributed by atoms with van der Waals surface area (Å²) in [5.41, 5.74) is 2.46. The summed E-state index contributed by atoms with van der Waals surface area (Å²) < 4.78 is 0. The molecular weight excluding hydrogens is 286 g/mol. The predicted octanol–water partition coefficient (Wildman–Crippen LogP) is 3.49. The van der Waals surface area contributed by atoms with Crippen molar-refractivity contribution in [2.45, 2.75) is 58.0 Å². The number of amides is 1. The minimum Gasteiger partial charge on any atom is -0.335 e. The highest BCUT2D eigenvalue weighted by Crippen LogP contribution is 2.43. The lowest BCUT2D eigenvalue weighted by molar-refractivity contribution is -0.140. The number of benzene rings is 1. The topological polar surface area (TPSA) is 37.4 Å². The van der Waals surface area contributed by atoms with E-state index in [1.54, 1.807) is 0 Å². The number of rotatable bonds is 4. The van der Waals surface area contributed by atoms with Crippen molar-refractivity contribution in [2.75, 3.05) is 0 Å². The van der Waals surface area contributed by atoms with E-state index in [0.29, 0.717) is 17.7 Å². The van der Waals surface area contributed by atoms with Crippen molar-refractivity contribution in [1.82, 2.24) is 4.90 Å². The minimum absolute atomic E-state index is 0.0799. The maximum absolute atomic E-state index is 13.1. The van der Waals surface area contributed by atoms with Crippen molar-refractivity contribution in [3.05, 3.63) is 35.4 Å². The number of Topliss-reactive ketones (excluding diaryl/α,β-unsaturated/α-hetero) is 1. The first kappa shape index (κ1) is 14.9. The van der Waals surface area contributed by atoms with Gasteiger partial charge in [0.15, 0.2) is 0 Å². The quantitative estimate of drug-likeness (QED) is 0.853. The molecule has 3 heteroatoms. The molecule has 4 rings (SSSR count). The fourth-order valence-corrected chi connectivity index (χ4v) is 4.37. The molecule has 0 radical (unpaired) electrons. The van der Waals surface area contributed by atoms with Crippen molar-refractivity contribution in [3.63, 3.8) is 0 Å². The molecule has 0 aromatic heterocycles. The third-order valence-corrected chi connectivity index (χ3v) is 5.90. The molecule has 2 atom stereocenters. The Bertz CT molecular complexity index is 601. The van der Waals surface area contributed by atoms with Gasteiger partial charge in [-0.2, -0.15) is 0 Å². The standard InChI is InChI=1S/C20H25NO2/c1-13-2-4-14(5-3-13)12-21(18-8-9-18)20(23)17-10-15-6-7-16(11-17)19(15)22/h2-5,15-18H,6-12H2,1H3. The molecule has 0 spiro atoms. The molecule has 1 aromatic rings. The van der Waals surface area contributed by atoms with E-state index in [4.69, 9.17) is 0 Å². The molecule has 3 saturated carbocycles. The van der Waals surface area contributed by atoms with Gasteiger partial charge < -0.3 is 4.90 Å². The van der Waals surface area contributed by atoms with Crippen molar-refractivity contribution >= 4 is 11.7 Å². The highest BCUT2D eigenvalue weighted by atomic mass is 16.2. The van der Waals surface area contributed by atoms with Crippen LogP contribution < -0.4 is 0 Å². The van der Waals surface area contributed by atoms with Crippen LogP contribution in [0, 0.1) is 24.7 Å². The van der Waals surface area contributed by atoms with E-state index in [1.807, 2.05) is 0 Å². The van der Waals surface area contributed by atoms with E-state index in [2.05, 4.69) is 36.1 Å². The molecule has 0 N–H and O–H groups in total. The van der Waals surface area contributed by atoms with Crippen LogP contribution in [0.25, 0.3) is 0 Å². The normalized spacial score (nSPS) is 29.6. The van der Waals surface area contributed by atoms with Gasteiger partial charge in [-0.05, 0) is 51.0 Å². The average Bonchev–Trinajstić information content (AvgIpc) is 3.35. The Kier molecular flexibility index (Phi) is 3.74. The average molecular weight is 311 g/mol. The first-order chi connectivity index (χ1) is 11.1. The van der Waals surface area contributed by atoms with Crippen LogP contribution in [0.3, 0.4) is 0 Å². The summed E-state index contributed by atoms with van der Waals surface area (Å²) in [6, 6.07) is 8.92. The molecular formula is C20H25NO2. The monoisotopic (exact) mass is 311 g/mol. The first-order valence-corrected chi connectivity index (χ1v) is 9.01. The molecule has 3 nitrogen and oxygen atoms in total. The zero-order chi connectivity index (χ0) is 16.0. The number of nitrogens with zero attached hydrogens (tertiary/aromatic N) is 1. The van der Waals surface area contributed by atoms with Crippen LogP contribution in [0.4, 0.5) is 0 Å². The number of hydrogen-bond donors (Lipinski definition) is 0. The van der Waals surface area contributed by atoms with Crippen LogP contribution >= 0.6 is 0 Å². The molecule has 2 bridgehead atoms. The maximum atomic E-state index is 13.1. The molecule has 3 aliphatic rings. The lowest BCUT2D eigenvalue weighted by Gasteiger charge is -2.32. The Morgan fingerprint density at radius 2 is 1.65 bits per heavy atom. The molecule has 122 valence electrons. The van der Waals surface area contributed by atoms with Gasteiger partial charge in [0, 0.05) is 30.3 Å². The maximum Gasteiger partial charge on any atom is 0.226 e. The van der Waals surface area contributed by atoms with Gasteiger partial charge in [0.1, 0.15) is 5.78 Å². The van der Waals surface area contributed by atoms with Crippen LogP contribution in [0.5, 0.6) is 0 Å². The van der Waals surface area contributed by atoms with E-state index in [9.17, 15) is 9.59 Å². The SMILES string of the molecule is Cc1ccc(CN(C(=O)C2CC3CCC(C2)C3=O)C2CC2)cc1. The predicted molar refractivity (Wildman–Crippen MR) is 88.7 cm³/mol. The number of carbonyl (C=O) groups is 2. The molecule has 3 fully saturated rings. The summed E-state index contributed by atoms with van der Waals surface area (Å²) in [6.07, 6.45) is 5.88. The zero-order valence-corrected chi connectivity index (χ0v) is 13.8. The molecule has 2 unspecified atom stereocenters. The van der Waals surface area contributed by atoms with E-state index < -0.39 is 0 Å². The molecule has 23 heavy (non-hydrogen) atoms. The summed E-state index contributed by atoms with van der Waals surface area (Å²) in [5.74, 6) is 1.16. The second-order valence-electron chi connectivity index (χ2n) is 7.72. The third kappa shape index (κ3) is 2.93. The van der Waals surface area contributed by atoms with Crippen molar-refractivity contribution in [1.29, 1.82) is 0 Å². The van der Waals surface area contributed by atoms with E-state index in [1.165, 1.54) is 11.1 Å². The van der Waals surface area contributed by atoms with Crippen LogP contribution in [-0.4, -0.2) is 22.6 Å². The molecule has 1 aromatic carbocycles. The van der Waals surface area contributed by atoms with Gasteiger partial charge in [-0.1, -0.05) is 29.8 Å². The molecule has 0 aliphatic heterocycles. The Morgan fingerprint density at radius 3 is 2.22 bits per heavy atom. The third-order valence-electron chi connectivity index (χ3n) is 5.90. The summed E-state index contributed by atoms with van der Waals surface area (Å²) >= 11 is 0. The molecule has 0 heterocycles. The Labute approximate surface area is 138 Å². The Balaban J connectivity index is 1.48. The van der Waals surface area contributed by atoms with Crippen LogP contribution in [0.2, 0.25) is 0 Å². The number of fused-ring (bicyclic) bond motifs is 2. The van der Waals surface area contributed by atoms with Crippen LogP contribution in [0.1, 0.15) is 49.7 Å². The minimum atomic E-state index is 0.0799. The van der Waals surface area contributed by atoms with Gasteiger partial charge in [0.2, 0.25) is 5.91 Å². The Hall–Kier alpha value is -1.64. The smallest absolute Gasteiger partial charge is 0.226 e. The zero-order valence-electron chi connectivity index (χ0n) is 13.8. The second kappa shape index (κ2) is 5.77. The van der Waals surface area contributed by atoms with E-state index >= 15 is 0 Å². The van der Waals surface area contributed by atoms with Gasteiger partial charge in [-0.3, -0.25) is 9.59 Å². The largest absolute Gasteiger partial charge is 0.335 e. The summed E-state index contributed by atoms with van der Waals surface area (Å²) in [7, 11) is 0. The van der Waals surface area contributed by atoms with Crippen molar-refractivity contribution in [2.24, 2.45) is 17.8 Å². The van der Waals surface area contributed by atoms with E-state index in [0.717, 1.165) is 45.1 Å². The van der Waals surface area contributed by atoms with Gasteiger partial charge in [0.25, 0.3) is 0 Å². The molecule has 1 amide bonds. The molecule has 3 aliphatic carbocycles. The summed E-state index contributed by atoms with van der Waals surface area (Å²) in [5, 5.41) is 0. The lowest BCUT2D eigenvalue weighted by Crippen LogP contribution is -2.41. The van der Waals surface area contributed by atoms with Gasteiger partial charge in [-0.15, -0.1) is 0 Å². The Morgan fingerprint density at radius 1 is 1.04 bits per heavy atom. The van der Waals surface area contributed by atoms with Crippen LogP contribution in [-0.2, 0) is 16.1 Å². The lowest BCUT2D eigenvalue weighted by atomic mass is 9.79.